The van der Waals surface area contributed by atoms with Gasteiger partial charge in [0.05, 0.1) is 11.1 Å². The van der Waals surface area contributed by atoms with Gasteiger partial charge >= 0.3 is 5.97 Å². The van der Waals surface area contributed by atoms with E-state index in [-0.39, 0.29) is 24.6 Å². The second-order valence-electron chi connectivity index (χ2n) is 7.21. The Morgan fingerprint density at radius 2 is 1.69 bits per heavy atom. The molecule has 1 fully saturated rings. The number of hydrogen-bond acceptors (Lipinski definition) is 5. The first kappa shape index (κ1) is 20.9. The van der Waals surface area contributed by atoms with Crippen LogP contribution in [0.2, 0.25) is 0 Å². The third kappa shape index (κ3) is 4.99. The Labute approximate surface area is 175 Å². The van der Waals surface area contributed by atoms with Crippen LogP contribution in [0.5, 0.6) is 0 Å². The average Bonchev–Trinajstić information content (AvgIpc) is 2.72. The molecule has 0 aromatic heterocycles. The lowest BCUT2D eigenvalue weighted by atomic mass is 9.97. The second-order valence-corrected chi connectivity index (χ2v) is 8.30. The molecule has 0 aliphatic carbocycles. The summed E-state index contributed by atoms with van der Waals surface area (Å²) in [5, 5.41) is 9.29. The van der Waals surface area contributed by atoms with Crippen molar-refractivity contribution in [2.45, 2.75) is 55.0 Å². The molecule has 6 heteroatoms. The fourth-order valence-electron chi connectivity index (χ4n) is 3.68. The van der Waals surface area contributed by atoms with Gasteiger partial charge in [0.25, 0.3) is 5.91 Å². The summed E-state index contributed by atoms with van der Waals surface area (Å²) < 4.78 is 5.37. The fraction of sp³-hybridized carbons (Fsp3) is 0.348. The van der Waals surface area contributed by atoms with Crippen LogP contribution < -0.4 is 0 Å². The summed E-state index contributed by atoms with van der Waals surface area (Å²) in [7, 11) is 0. The van der Waals surface area contributed by atoms with E-state index in [1.807, 2.05) is 43.0 Å². The maximum absolute atomic E-state index is 12.7. The van der Waals surface area contributed by atoms with Gasteiger partial charge in [-0.05, 0) is 57.4 Å². The molecule has 29 heavy (non-hydrogen) atoms. The predicted molar refractivity (Wildman–Crippen MR) is 112 cm³/mol. The minimum Gasteiger partial charge on any atom is -0.452 e. The van der Waals surface area contributed by atoms with Crippen LogP contribution in [0.15, 0.2) is 58.3 Å². The zero-order valence-electron chi connectivity index (χ0n) is 16.6. The van der Waals surface area contributed by atoms with Gasteiger partial charge in [0.1, 0.15) is 6.07 Å². The molecule has 150 valence electrons. The SMILES string of the molecule is C[C@@H]1CCC[C@@H](C)N1C(=O)COC(=O)c1ccccc1Sc1ccccc1C#N. The molecule has 0 bridgehead atoms. The van der Waals surface area contributed by atoms with Crippen LogP contribution in [-0.4, -0.2) is 35.5 Å². The van der Waals surface area contributed by atoms with Crippen LogP contribution in [-0.2, 0) is 9.53 Å². The lowest BCUT2D eigenvalue weighted by Crippen LogP contribution is -2.49. The topological polar surface area (TPSA) is 70.4 Å². The molecule has 3 rings (SSSR count). The van der Waals surface area contributed by atoms with Crippen molar-refractivity contribution in [1.82, 2.24) is 4.90 Å². The number of ether oxygens (including phenoxy) is 1. The van der Waals surface area contributed by atoms with Crippen molar-refractivity contribution in [2.24, 2.45) is 0 Å². The number of piperidine rings is 1. The summed E-state index contributed by atoms with van der Waals surface area (Å²) >= 11 is 1.34. The van der Waals surface area contributed by atoms with Crippen molar-refractivity contribution in [1.29, 1.82) is 5.26 Å². The molecular formula is C23H24N2O3S. The maximum atomic E-state index is 12.7. The molecule has 2 atom stereocenters. The standard InChI is InChI=1S/C23H24N2O3S/c1-16-8-7-9-17(2)25(16)22(26)15-28-23(27)19-11-4-6-13-21(19)29-20-12-5-3-10-18(20)14-24/h3-6,10-13,16-17H,7-9,15H2,1-2H3/t16-,17-/m1/s1. The predicted octanol–water partition coefficient (Wildman–Crippen LogP) is 4.66. The zero-order valence-corrected chi connectivity index (χ0v) is 17.4. The summed E-state index contributed by atoms with van der Waals surface area (Å²) in [6.45, 7) is 3.81. The second kappa shape index (κ2) is 9.62. The number of benzene rings is 2. The first-order chi connectivity index (χ1) is 14.0. The van der Waals surface area contributed by atoms with Crippen LogP contribution >= 0.6 is 11.8 Å². The van der Waals surface area contributed by atoms with Crippen molar-refractivity contribution in [3.63, 3.8) is 0 Å². The van der Waals surface area contributed by atoms with E-state index < -0.39 is 5.97 Å². The Bertz CT molecular complexity index is 928. The van der Waals surface area contributed by atoms with E-state index in [1.54, 1.807) is 24.3 Å². The van der Waals surface area contributed by atoms with Gasteiger partial charge in [0.2, 0.25) is 0 Å². The number of likely N-dealkylation sites (tertiary alicyclic amines) is 1. The van der Waals surface area contributed by atoms with E-state index in [4.69, 9.17) is 4.74 Å². The van der Waals surface area contributed by atoms with Crippen LogP contribution in [0.25, 0.3) is 0 Å². The molecule has 0 unspecified atom stereocenters. The number of esters is 1. The molecule has 1 aliphatic heterocycles. The van der Waals surface area contributed by atoms with Gasteiger partial charge in [-0.15, -0.1) is 0 Å². The maximum Gasteiger partial charge on any atom is 0.339 e. The van der Waals surface area contributed by atoms with E-state index in [2.05, 4.69) is 6.07 Å². The molecule has 1 aliphatic rings. The molecule has 1 amide bonds. The summed E-state index contributed by atoms with van der Waals surface area (Å²) in [4.78, 5) is 28.6. The largest absolute Gasteiger partial charge is 0.452 e. The monoisotopic (exact) mass is 408 g/mol. The number of nitrogens with zero attached hydrogens (tertiary/aromatic N) is 2. The van der Waals surface area contributed by atoms with Crippen LogP contribution in [0.1, 0.15) is 49.0 Å². The molecule has 0 N–H and O–H groups in total. The van der Waals surface area contributed by atoms with E-state index in [0.717, 1.165) is 24.2 Å². The number of nitriles is 1. The Hall–Kier alpha value is -2.78. The van der Waals surface area contributed by atoms with Crippen molar-refractivity contribution < 1.29 is 14.3 Å². The molecule has 0 radical (unpaired) electrons. The Balaban J connectivity index is 1.70. The van der Waals surface area contributed by atoms with E-state index in [0.29, 0.717) is 16.0 Å². The molecule has 2 aromatic rings. The van der Waals surface area contributed by atoms with E-state index in [9.17, 15) is 14.9 Å². The number of carbonyl (C=O) groups is 2. The average molecular weight is 409 g/mol. The van der Waals surface area contributed by atoms with Gasteiger partial charge in [-0.3, -0.25) is 4.79 Å². The van der Waals surface area contributed by atoms with Crippen molar-refractivity contribution in [3.8, 4) is 6.07 Å². The highest BCUT2D eigenvalue weighted by Crippen LogP contribution is 2.33. The van der Waals surface area contributed by atoms with Crippen LogP contribution in [0, 0.1) is 11.3 Å². The smallest absolute Gasteiger partial charge is 0.339 e. The minimum absolute atomic E-state index is 0.155. The van der Waals surface area contributed by atoms with Crippen molar-refractivity contribution in [2.75, 3.05) is 6.61 Å². The number of carbonyl (C=O) groups excluding carboxylic acids is 2. The summed E-state index contributed by atoms with van der Waals surface area (Å²) in [5.74, 6) is -0.689. The number of rotatable bonds is 5. The number of amides is 1. The summed E-state index contributed by atoms with van der Waals surface area (Å²) in [6, 6.07) is 16.8. The fourth-order valence-corrected chi connectivity index (χ4v) is 4.70. The lowest BCUT2D eigenvalue weighted by Gasteiger charge is -2.38. The van der Waals surface area contributed by atoms with Gasteiger partial charge in [0.15, 0.2) is 6.61 Å². The highest BCUT2D eigenvalue weighted by molar-refractivity contribution is 7.99. The quantitative estimate of drug-likeness (QED) is 0.673. The van der Waals surface area contributed by atoms with Crippen LogP contribution in [0.4, 0.5) is 0 Å². The van der Waals surface area contributed by atoms with E-state index in [1.165, 1.54) is 11.8 Å². The summed E-state index contributed by atoms with van der Waals surface area (Å²) in [5.41, 5.74) is 0.932. The Morgan fingerprint density at radius 1 is 1.07 bits per heavy atom. The lowest BCUT2D eigenvalue weighted by molar-refractivity contribution is -0.140. The van der Waals surface area contributed by atoms with Gasteiger partial charge in [-0.2, -0.15) is 5.26 Å². The molecule has 0 spiro atoms. The molecular weight excluding hydrogens is 384 g/mol. The highest BCUT2D eigenvalue weighted by atomic mass is 32.2. The Kier molecular flexibility index (Phi) is 6.95. The zero-order chi connectivity index (χ0) is 20.8. The third-order valence-corrected chi connectivity index (χ3v) is 6.29. The molecule has 1 heterocycles. The summed E-state index contributed by atoms with van der Waals surface area (Å²) in [6.07, 6.45) is 3.06. The molecule has 5 nitrogen and oxygen atoms in total. The first-order valence-electron chi connectivity index (χ1n) is 9.75. The van der Waals surface area contributed by atoms with Gasteiger partial charge in [-0.25, -0.2) is 4.79 Å². The van der Waals surface area contributed by atoms with Gasteiger partial charge in [0, 0.05) is 21.9 Å². The van der Waals surface area contributed by atoms with Gasteiger partial charge < -0.3 is 9.64 Å². The molecule has 1 saturated heterocycles. The normalized spacial score (nSPS) is 18.7. The number of hydrogen-bond donors (Lipinski definition) is 0. The molecule has 2 aromatic carbocycles. The third-order valence-electron chi connectivity index (χ3n) is 5.14. The van der Waals surface area contributed by atoms with Gasteiger partial charge in [-0.1, -0.05) is 36.0 Å². The van der Waals surface area contributed by atoms with Crippen molar-refractivity contribution in [3.05, 3.63) is 59.7 Å². The van der Waals surface area contributed by atoms with Crippen molar-refractivity contribution >= 4 is 23.6 Å². The Morgan fingerprint density at radius 3 is 2.38 bits per heavy atom. The van der Waals surface area contributed by atoms with E-state index >= 15 is 0 Å². The van der Waals surface area contributed by atoms with Crippen LogP contribution in [0.3, 0.4) is 0 Å². The molecule has 0 saturated carbocycles. The minimum atomic E-state index is -0.534. The first-order valence-corrected chi connectivity index (χ1v) is 10.6. The highest BCUT2D eigenvalue weighted by Gasteiger charge is 2.29.